The van der Waals surface area contributed by atoms with E-state index in [9.17, 15) is 63.3 Å². The second kappa shape index (κ2) is 28.9. The topological polar surface area (TPSA) is 412 Å². The number of carbonyl (C=O) groups excluding carboxylic acids is 10. The number of H-pyrrole nitrogens is 1. The lowest BCUT2D eigenvalue weighted by Gasteiger charge is -2.34. The Balaban J connectivity index is 1.20. The molecule has 0 aliphatic carbocycles. The van der Waals surface area contributed by atoms with Crippen LogP contribution < -0.4 is 54.0 Å². The fourth-order valence-electron chi connectivity index (χ4n) is 10.5. The summed E-state index contributed by atoms with van der Waals surface area (Å²) in [4.78, 5) is 149. The number of hydrogen-bond donors (Lipinski definition) is 14. The van der Waals surface area contributed by atoms with Crippen molar-refractivity contribution in [2.24, 2.45) is 22.8 Å². The van der Waals surface area contributed by atoms with E-state index in [-0.39, 0.29) is 43.7 Å². The molecule has 2 aliphatic heterocycles. The van der Waals surface area contributed by atoms with Gasteiger partial charge in [-0.25, -0.2) is 4.98 Å². The molecule has 88 heavy (non-hydrogen) atoms. The molecule has 4 aromatic rings. The molecule has 0 saturated carbocycles. The first kappa shape index (κ1) is 68.5. The molecule has 10 amide bonds. The molecular weight excluding hydrogens is 1130 g/mol. The molecule has 26 nitrogen and oxygen atoms in total. The molecule has 26 heteroatoms. The van der Waals surface area contributed by atoms with Gasteiger partial charge in [-0.2, -0.15) is 0 Å². The van der Waals surface area contributed by atoms with Gasteiger partial charge >= 0.3 is 0 Å². The first-order valence-electron chi connectivity index (χ1n) is 29.7. The summed E-state index contributed by atoms with van der Waals surface area (Å²) >= 11 is 0. The van der Waals surface area contributed by atoms with Crippen LogP contribution in [0.2, 0.25) is 0 Å². The van der Waals surface area contributed by atoms with E-state index in [1.807, 2.05) is 0 Å². The van der Waals surface area contributed by atoms with Gasteiger partial charge in [-0.05, 0) is 131 Å². The number of rotatable bonds is 20. The number of aliphatic hydroxyl groups is 1. The largest absolute Gasteiger partial charge is 0.508 e. The van der Waals surface area contributed by atoms with Crippen molar-refractivity contribution >= 4 is 70.1 Å². The molecule has 1 saturated heterocycles. The third-order valence-electron chi connectivity index (χ3n) is 16.5. The van der Waals surface area contributed by atoms with E-state index in [0.717, 1.165) is 0 Å². The lowest BCUT2D eigenvalue weighted by Crippen LogP contribution is -2.64. The molecule has 0 spiro atoms. The molecule has 2 bridgehead atoms. The number of aliphatic hydroxyl groups excluding tert-OH is 1. The minimum atomic E-state index is -1.82. The lowest BCUT2D eigenvalue weighted by atomic mass is 9.85. The minimum absolute atomic E-state index is 0.0323. The Kier molecular flexibility index (Phi) is 22.5. The SMILES string of the molecule is CC(C)[C@](C)(NC(=O)[C@H](Cc1ccc(O)cc1)NC(=O)[C@H](C)NC(=O)C(C)(C)NC(=O)[C@H](Cc1c[nH]c2ncccc12)NC(=O)[C@@H](NC(=O)[C@@H]1CCCN1C(=O)[C@@H]1Cc2ccc(O)c(c2)CCCC[C@H](N)C(=O)N[C@@H](C(C)(C)C)C(=O)N1)[C@@H](C)O)C(N)=O. The Morgan fingerprint density at radius 3 is 2.07 bits per heavy atom. The predicted octanol–water partition coefficient (Wildman–Crippen LogP) is 0.313. The molecule has 478 valence electrons. The van der Waals surface area contributed by atoms with Crippen LogP contribution in [0.25, 0.3) is 11.0 Å². The van der Waals surface area contributed by atoms with Crippen LogP contribution in [-0.2, 0) is 73.6 Å². The number of aromatic hydroxyl groups is 2. The predicted molar refractivity (Wildman–Crippen MR) is 325 cm³/mol. The van der Waals surface area contributed by atoms with E-state index in [0.29, 0.717) is 65.4 Å². The molecule has 2 aromatic heterocycles. The van der Waals surface area contributed by atoms with E-state index in [1.165, 1.54) is 57.7 Å². The molecule has 10 atom stereocenters. The Bertz CT molecular complexity index is 3230. The number of nitrogens with one attached hydrogen (secondary N) is 9. The summed E-state index contributed by atoms with van der Waals surface area (Å²) in [6, 6.07) is 3.67. The Morgan fingerprint density at radius 1 is 0.761 bits per heavy atom. The van der Waals surface area contributed by atoms with Crippen LogP contribution in [0.1, 0.15) is 124 Å². The van der Waals surface area contributed by atoms with Gasteiger partial charge in [0.2, 0.25) is 59.1 Å². The summed E-state index contributed by atoms with van der Waals surface area (Å²) in [5.74, 6) is -8.37. The van der Waals surface area contributed by atoms with Gasteiger partial charge in [0.1, 0.15) is 70.5 Å². The Labute approximate surface area is 511 Å². The molecule has 2 aromatic carbocycles. The number of primary amides is 1. The van der Waals surface area contributed by atoms with E-state index in [4.69, 9.17) is 11.5 Å². The Morgan fingerprint density at radius 2 is 1.42 bits per heavy atom. The maximum Gasteiger partial charge on any atom is 0.246 e. The van der Waals surface area contributed by atoms with Crippen molar-refractivity contribution in [3.05, 3.63) is 89.2 Å². The molecule has 16 N–H and O–H groups in total. The number of benzene rings is 2. The minimum Gasteiger partial charge on any atom is -0.508 e. The van der Waals surface area contributed by atoms with Gasteiger partial charge in [-0.1, -0.05) is 65.3 Å². The number of phenolic OH excluding ortho intramolecular Hbond substituents is 2. The Hall–Kier alpha value is -8.65. The molecule has 2 aliphatic rings. The summed E-state index contributed by atoms with van der Waals surface area (Å²) in [7, 11) is 0. The molecular formula is C62H87N13O13. The summed E-state index contributed by atoms with van der Waals surface area (Å²) in [5, 5.41) is 53.8. The van der Waals surface area contributed by atoms with Crippen molar-refractivity contribution in [3.63, 3.8) is 0 Å². The van der Waals surface area contributed by atoms with E-state index in [1.54, 1.807) is 83.4 Å². The third-order valence-corrected chi connectivity index (χ3v) is 16.5. The normalized spacial score (nSPS) is 20.2. The number of carbonyl (C=O) groups is 10. The highest BCUT2D eigenvalue weighted by molar-refractivity contribution is 6.00. The monoisotopic (exact) mass is 1220 g/mol. The third kappa shape index (κ3) is 17.3. The van der Waals surface area contributed by atoms with Crippen LogP contribution >= 0.6 is 0 Å². The van der Waals surface area contributed by atoms with Gasteiger partial charge in [0.25, 0.3) is 0 Å². The average molecular weight is 1220 g/mol. The molecule has 6 rings (SSSR count). The van der Waals surface area contributed by atoms with Crippen molar-refractivity contribution in [2.75, 3.05) is 6.54 Å². The number of fused-ring (bicyclic) bond motifs is 3. The zero-order valence-electron chi connectivity index (χ0n) is 51.7. The van der Waals surface area contributed by atoms with Crippen LogP contribution in [-0.4, -0.2) is 161 Å². The van der Waals surface area contributed by atoms with E-state index in [2.05, 4.69) is 52.5 Å². The second-order valence-electron chi connectivity index (χ2n) is 25.2. The second-order valence-corrected chi connectivity index (χ2v) is 25.2. The number of phenols is 2. The van der Waals surface area contributed by atoms with Gasteiger partial charge in [0, 0.05) is 43.6 Å². The molecule has 4 heterocycles. The van der Waals surface area contributed by atoms with Gasteiger partial charge < -0.3 is 79.2 Å². The number of hydrogen-bond acceptors (Lipinski definition) is 15. The average Bonchev–Trinajstić information content (AvgIpc) is 1.91. The van der Waals surface area contributed by atoms with Crippen molar-refractivity contribution in [1.82, 2.24) is 57.4 Å². The zero-order chi connectivity index (χ0) is 65.2. The van der Waals surface area contributed by atoms with Crippen LogP contribution in [0.5, 0.6) is 11.5 Å². The first-order chi connectivity index (χ1) is 41.2. The van der Waals surface area contributed by atoms with Crippen LogP contribution in [0.3, 0.4) is 0 Å². The number of nitrogens with zero attached hydrogens (tertiary/aromatic N) is 2. The van der Waals surface area contributed by atoms with Crippen molar-refractivity contribution < 1.29 is 63.3 Å². The van der Waals surface area contributed by atoms with Crippen molar-refractivity contribution in [3.8, 4) is 11.5 Å². The maximum atomic E-state index is 14.9. The van der Waals surface area contributed by atoms with Crippen LogP contribution in [0, 0.1) is 11.3 Å². The van der Waals surface area contributed by atoms with Crippen molar-refractivity contribution in [2.45, 2.75) is 193 Å². The number of aromatic amines is 1. The summed E-state index contributed by atoms with van der Waals surface area (Å²) in [5.41, 5.74) is 10.5. The van der Waals surface area contributed by atoms with E-state index < -0.39 is 136 Å². The zero-order valence-corrected chi connectivity index (χ0v) is 51.7. The van der Waals surface area contributed by atoms with Gasteiger partial charge in [-0.3, -0.25) is 47.9 Å². The number of nitrogens with two attached hydrogens (primary N) is 2. The molecule has 1 fully saturated rings. The number of likely N-dealkylation sites (tertiary alicyclic amines) is 1. The number of amides is 10. The highest BCUT2D eigenvalue weighted by Gasteiger charge is 2.44. The highest BCUT2D eigenvalue weighted by atomic mass is 16.3. The fraction of sp³-hybridized carbons (Fsp3) is 0.532. The number of aryl methyl sites for hydroxylation is 1. The van der Waals surface area contributed by atoms with Gasteiger partial charge in [0.15, 0.2) is 0 Å². The lowest BCUT2D eigenvalue weighted by molar-refractivity contribution is -0.143. The quantitative estimate of drug-likeness (QED) is 0.0567. The smallest absolute Gasteiger partial charge is 0.246 e. The van der Waals surface area contributed by atoms with Crippen molar-refractivity contribution in [1.29, 1.82) is 0 Å². The number of pyridine rings is 1. The first-order valence-corrected chi connectivity index (χ1v) is 29.7. The maximum absolute atomic E-state index is 14.9. The summed E-state index contributed by atoms with van der Waals surface area (Å²) < 4.78 is 0. The summed E-state index contributed by atoms with van der Waals surface area (Å²) in [6.07, 6.45) is 3.51. The van der Waals surface area contributed by atoms with E-state index >= 15 is 0 Å². The molecule has 0 radical (unpaired) electrons. The molecule has 0 unspecified atom stereocenters. The number of aromatic nitrogens is 2. The van der Waals surface area contributed by atoms with Gasteiger partial charge in [-0.15, -0.1) is 0 Å². The van der Waals surface area contributed by atoms with Gasteiger partial charge in [0.05, 0.1) is 12.1 Å². The van der Waals surface area contributed by atoms with Crippen LogP contribution in [0.4, 0.5) is 0 Å². The standard InChI is InChI=1S/C62H87N13O13/c1-32(2)62(10,58(64)87)74-53(82)42(28-35-19-22-39(77)23-20-35)68-50(79)33(3)67-59(88)61(8,9)73-52(81)43(30-38-31-66-49-40(38)16-13-25-65-49)69-55(84)47(34(4)76)71-54(83)45-18-14-26-75(45)57(86)44-29-36-21-24-46(78)37(27-36)15-11-12-17-41(63)51(80)72-48(56(85)70-44)60(5,6)7/h13,16,19-25,27,31-34,41-45,47-48,76-78H,11-12,14-15,17-18,26,28-30,63H2,1-10H3,(H2,64,87)(H,65,66)(H,67,88)(H,68,79)(H,69,84)(H,70,85)(H,71,83)(H,72,80)(H,73,81)(H,74,82)/t33-,34+,41-,42-,43-,44-,45-,47-,48+,62-/m0/s1. The van der Waals surface area contributed by atoms with Crippen LogP contribution in [0.15, 0.2) is 67.0 Å². The fourth-order valence-corrected chi connectivity index (χ4v) is 10.5. The summed E-state index contributed by atoms with van der Waals surface area (Å²) in [6.45, 7) is 15.4. The highest BCUT2D eigenvalue weighted by Crippen LogP contribution is 2.27.